The molecular formula is C10H13NO2S. The van der Waals surface area contributed by atoms with Crippen LogP contribution in [0.25, 0.3) is 0 Å². The Morgan fingerprint density at radius 2 is 2.14 bits per heavy atom. The summed E-state index contributed by atoms with van der Waals surface area (Å²) in [5.41, 5.74) is 0.955. The summed E-state index contributed by atoms with van der Waals surface area (Å²) in [5, 5.41) is 0.598. The van der Waals surface area contributed by atoms with Crippen LogP contribution in [0.5, 0.6) is 5.19 Å². The molecule has 0 atom stereocenters. The largest absolute Gasteiger partial charge is 0.473 e. The number of thiazole rings is 1. The fraction of sp³-hybridized carbons (Fsp3) is 0.600. The number of nitrogens with zero attached hydrogens (tertiary/aromatic N) is 1. The van der Waals surface area contributed by atoms with Gasteiger partial charge in [-0.05, 0) is 11.8 Å². The number of hydrogen-bond acceptors (Lipinski definition) is 4. The summed E-state index contributed by atoms with van der Waals surface area (Å²) >= 11 is 1.36. The zero-order chi connectivity index (χ0) is 10.3. The standard InChI is InChI=1S/C10H13NO2S/c1-10(2)4-6-8(7(12)5-10)14-9(11-6)13-3/h4-5H2,1-3H3. The van der Waals surface area contributed by atoms with E-state index in [0.717, 1.165) is 17.0 Å². The van der Waals surface area contributed by atoms with Crippen LogP contribution < -0.4 is 4.74 Å². The molecule has 0 fully saturated rings. The molecule has 1 aromatic rings. The van der Waals surface area contributed by atoms with Crippen molar-refractivity contribution in [2.75, 3.05) is 7.11 Å². The van der Waals surface area contributed by atoms with Crippen LogP contribution in [-0.2, 0) is 6.42 Å². The van der Waals surface area contributed by atoms with E-state index in [1.807, 2.05) is 0 Å². The number of rotatable bonds is 1. The minimum absolute atomic E-state index is 0.0448. The van der Waals surface area contributed by atoms with Gasteiger partial charge in [0.15, 0.2) is 5.78 Å². The van der Waals surface area contributed by atoms with Crippen LogP contribution >= 0.6 is 11.3 Å². The van der Waals surface area contributed by atoms with Gasteiger partial charge in [0.05, 0.1) is 17.7 Å². The molecule has 0 amide bonds. The number of Topliss-reactive ketones (excluding diaryl/α,β-unsaturated/α-hetero) is 1. The third kappa shape index (κ3) is 1.54. The van der Waals surface area contributed by atoms with Crippen LogP contribution in [0.3, 0.4) is 0 Å². The molecule has 1 aliphatic carbocycles. The Bertz CT molecular complexity index is 381. The van der Waals surface area contributed by atoms with Gasteiger partial charge in [-0.25, -0.2) is 4.98 Å². The topological polar surface area (TPSA) is 39.2 Å². The molecule has 1 aliphatic rings. The lowest BCUT2D eigenvalue weighted by Crippen LogP contribution is -2.25. The van der Waals surface area contributed by atoms with Crippen molar-refractivity contribution in [3.63, 3.8) is 0 Å². The first-order valence-corrected chi connectivity index (χ1v) is 5.40. The first-order chi connectivity index (χ1) is 6.52. The summed E-state index contributed by atoms with van der Waals surface area (Å²) in [6.07, 6.45) is 1.49. The second kappa shape index (κ2) is 3.05. The van der Waals surface area contributed by atoms with Gasteiger partial charge in [0.1, 0.15) is 0 Å². The molecule has 14 heavy (non-hydrogen) atoms. The first-order valence-electron chi connectivity index (χ1n) is 4.59. The van der Waals surface area contributed by atoms with Gasteiger partial charge in [0.2, 0.25) is 0 Å². The minimum atomic E-state index is 0.0448. The molecule has 1 aromatic heterocycles. The molecule has 0 radical (unpaired) electrons. The van der Waals surface area contributed by atoms with E-state index in [2.05, 4.69) is 18.8 Å². The molecule has 3 nitrogen and oxygen atoms in total. The molecule has 0 aromatic carbocycles. The number of aromatic nitrogens is 1. The molecule has 0 aliphatic heterocycles. The maximum atomic E-state index is 11.7. The zero-order valence-corrected chi connectivity index (χ0v) is 9.40. The summed E-state index contributed by atoms with van der Waals surface area (Å²) in [5.74, 6) is 0.206. The molecular weight excluding hydrogens is 198 g/mol. The maximum Gasteiger partial charge on any atom is 0.273 e. The van der Waals surface area contributed by atoms with E-state index in [-0.39, 0.29) is 11.2 Å². The normalized spacial score (nSPS) is 19.2. The summed E-state index contributed by atoms with van der Waals surface area (Å²) in [6.45, 7) is 4.19. The molecule has 0 unspecified atom stereocenters. The van der Waals surface area contributed by atoms with E-state index >= 15 is 0 Å². The Kier molecular flexibility index (Phi) is 2.10. The lowest BCUT2D eigenvalue weighted by molar-refractivity contribution is 0.0916. The lowest BCUT2D eigenvalue weighted by Gasteiger charge is -2.26. The third-order valence-electron chi connectivity index (χ3n) is 2.39. The van der Waals surface area contributed by atoms with E-state index in [1.54, 1.807) is 7.11 Å². The van der Waals surface area contributed by atoms with Gasteiger partial charge in [-0.3, -0.25) is 4.79 Å². The molecule has 0 saturated carbocycles. The molecule has 2 rings (SSSR count). The summed E-state index contributed by atoms with van der Waals surface area (Å²) in [4.78, 5) is 16.8. The van der Waals surface area contributed by atoms with Crippen LogP contribution in [0.2, 0.25) is 0 Å². The van der Waals surface area contributed by atoms with Crippen molar-refractivity contribution in [3.05, 3.63) is 10.6 Å². The van der Waals surface area contributed by atoms with Crippen molar-refractivity contribution in [1.29, 1.82) is 0 Å². The highest BCUT2D eigenvalue weighted by Crippen LogP contribution is 2.38. The molecule has 4 heteroatoms. The number of methoxy groups -OCH3 is 1. The van der Waals surface area contributed by atoms with Gasteiger partial charge in [0, 0.05) is 6.42 Å². The van der Waals surface area contributed by atoms with Crippen molar-refractivity contribution < 1.29 is 9.53 Å². The van der Waals surface area contributed by atoms with Crippen LogP contribution in [0.1, 0.15) is 35.6 Å². The molecule has 0 spiro atoms. The Balaban J connectivity index is 2.43. The van der Waals surface area contributed by atoms with Crippen molar-refractivity contribution in [2.45, 2.75) is 26.7 Å². The van der Waals surface area contributed by atoms with Crippen molar-refractivity contribution in [1.82, 2.24) is 4.98 Å². The van der Waals surface area contributed by atoms with Crippen LogP contribution in [0, 0.1) is 5.41 Å². The average molecular weight is 211 g/mol. The van der Waals surface area contributed by atoms with E-state index in [4.69, 9.17) is 4.74 Å². The highest BCUT2D eigenvalue weighted by Gasteiger charge is 2.33. The van der Waals surface area contributed by atoms with E-state index in [9.17, 15) is 4.79 Å². The number of ether oxygens (including phenoxy) is 1. The monoisotopic (exact) mass is 211 g/mol. The van der Waals surface area contributed by atoms with Crippen LogP contribution in [0.15, 0.2) is 0 Å². The second-order valence-electron chi connectivity index (χ2n) is 4.40. The lowest BCUT2D eigenvalue weighted by atomic mass is 9.78. The molecule has 0 N–H and O–H groups in total. The molecule has 0 bridgehead atoms. The zero-order valence-electron chi connectivity index (χ0n) is 8.59. The summed E-state index contributed by atoms with van der Waals surface area (Å²) < 4.78 is 5.04. The Morgan fingerprint density at radius 1 is 1.43 bits per heavy atom. The fourth-order valence-corrected chi connectivity index (χ4v) is 2.62. The van der Waals surface area contributed by atoms with Crippen molar-refractivity contribution in [3.8, 4) is 5.19 Å². The van der Waals surface area contributed by atoms with Crippen LogP contribution in [-0.4, -0.2) is 17.9 Å². The van der Waals surface area contributed by atoms with Gasteiger partial charge in [-0.1, -0.05) is 25.2 Å². The summed E-state index contributed by atoms with van der Waals surface area (Å²) in [7, 11) is 1.58. The fourth-order valence-electron chi connectivity index (χ4n) is 1.79. The average Bonchev–Trinajstić information content (AvgIpc) is 2.45. The van der Waals surface area contributed by atoms with Crippen molar-refractivity contribution >= 4 is 17.1 Å². The first kappa shape index (κ1) is 9.65. The number of ketones is 1. The quantitative estimate of drug-likeness (QED) is 0.715. The Hall–Kier alpha value is -0.900. The van der Waals surface area contributed by atoms with Crippen molar-refractivity contribution in [2.24, 2.45) is 5.41 Å². The smallest absolute Gasteiger partial charge is 0.273 e. The van der Waals surface area contributed by atoms with E-state index in [1.165, 1.54) is 11.3 Å². The third-order valence-corrected chi connectivity index (χ3v) is 3.49. The highest BCUT2D eigenvalue weighted by molar-refractivity contribution is 7.15. The minimum Gasteiger partial charge on any atom is -0.473 e. The Morgan fingerprint density at radius 3 is 2.79 bits per heavy atom. The highest BCUT2D eigenvalue weighted by atomic mass is 32.1. The van der Waals surface area contributed by atoms with Gasteiger partial charge in [-0.2, -0.15) is 0 Å². The van der Waals surface area contributed by atoms with Gasteiger partial charge < -0.3 is 4.74 Å². The number of carbonyl (C=O) groups is 1. The maximum absolute atomic E-state index is 11.7. The number of fused-ring (bicyclic) bond motifs is 1. The van der Waals surface area contributed by atoms with E-state index < -0.39 is 0 Å². The Labute approximate surface area is 87.1 Å². The predicted octanol–water partition coefficient (Wildman–Crippen LogP) is 2.31. The number of carbonyl (C=O) groups excluding carboxylic acids is 1. The number of hydrogen-bond donors (Lipinski definition) is 0. The molecule has 1 heterocycles. The second-order valence-corrected chi connectivity index (χ2v) is 5.36. The van der Waals surface area contributed by atoms with Crippen LogP contribution in [0.4, 0.5) is 0 Å². The summed E-state index contributed by atoms with van der Waals surface area (Å²) in [6, 6.07) is 0. The van der Waals surface area contributed by atoms with Gasteiger partial charge in [0.25, 0.3) is 5.19 Å². The predicted molar refractivity (Wildman–Crippen MR) is 55.1 cm³/mol. The van der Waals surface area contributed by atoms with Gasteiger partial charge in [-0.15, -0.1) is 0 Å². The SMILES string of the molecule is COc1nc2c(s1)C(=O)CC(C)(C)C2. The molecule has 76 valence electrons. The van der Waals surface area contributed by atoms with E-state index in [0.29, 0.717) is 11.6 Å². The molecule has 0 saturated heterocycles. The van der Waals surface area contributed by atoms with Gasteiger partial charge >= 0.3 is 0 Å².